The van der Waals surface area contributed by atoms with E-state index in [4.69, 9.17) is 5.90 Å². The molecule has 3 heteroatoms. The molecule has 48 valence electrons. The van der Waals surface area contributed by atoms with Crippen molar-refractivity contribution in [3.05, 3.63) is 0 Å². The Kier molecular flexibility index (Phi) is 2.27. The molecule has 0 aromatic rings. The molecule has 0 aromatic carbocycles. The summed E-state index contributed by atoms with van der Waals surface area (Å²) in [7, 11) is 0. The molecule has 2 N–H and O–H groups in total. The van der Waals surface area contributed by atoms with Gasteiger partial charge in [0, 0.05) is 13.1 Å². The number of hydroxylamine groups is 2. The third-order valence-corrected chi connectivity index (χ3v) is 1.46. The van der Waals surface area contributed by atoms with Gasteiger partial charge in [-0.1, -0.05) is 6.42 Å². The van der Waals surface area contributed by atoms with Crippen LogP contribution in [0, 0.1) is 0 Å². The Balaban J connectivity index is 2.13. The summed E-state index contributed by atoms with van der Waals surface area (Å²) in [4.78, 5) is 4.52. The van der Waals surface area contributed by atoms with Crippen molar-refractivity contribution >= 4 is 0 Å². The summed E-state index contributed by atoms with van der Waals surface area (Å²) < 4.78 is 0. The summed E-state index contributed by atoms with van der Waals surface area (Å²) in [6.45, 7) is 1.99. The van der Waals surface area contributed by atoms with Gasteiger partial charge in [0.25, 0.3) is 0 Å². The van der Waals surface area contributed by atoms with Gasteiger partial charge in [0.2, 0.25) is 0 Å². The molecule has 1 heterocycles. The first kappa shape index (κ1) is 6.01. The molecule has 0 atom stereocenters. The lowest BCUT2D eigenvalue weighted by Gasteiger charge is -2.22. The SMILES string of the molecule is NON1CCCCC1. The van der Waals surface area contributed by atoms with Crippen molar-refractivity contribution in [2.45, 2.75) is 19.3 Å². The first-order valence-corrected chi connectivity index (χ1v) is 3.05. The number of rotatable bonds is 1. The zero-order valence-corrected chi connectivity index (χ0v) is 4.97. The largest absolute Gasteiger partial charge is 0.214 e. The number of nitrogens with two attached hydrogens (primary N) is 1. The quantitative estimate of drug-likeness (QED) is 0.500. The van der Waals surface area contributed by atoms with Crippen LogP contribution in [-0.4, -0.2) is 18.2 Å². The molecule has 1 saturated heterocycles. The molecule has 3 nitrogen and oxygen atoms in total. The fourth-order valence-electron chi connectivity index (χ4n) is 0.970. The van der Waals surface area contributed by atoms with E-state index in [9.17, 15) is 0 Å². The van der Waals surface area contributed by atoms with Crippen LogP contribution < -0.4 is 5.90 Å². The fraction of sp³-hybridized carbons (Fsp3) is 1.00. The number of hydrogen-bond acceptors (Lipinski definition) is 3. The minimum atomic E-state index is 0.997. The van der Waals surface area contributed by atoms with Crippen molar-refractivity contribution in [2.24, 2.45) is 5.90 Å². The van der Waals surface area contributed by atoms with E-state index in [1.54, 1.807) is 5.06 Å². The highest BCUT2D eigenvalue weighted by atomic mass is 16.8. The van der Waals surface area contributed by atoms with E-state index in [0.29, 0.717) is 0 Å². The minimum Gasteiger partial charge on any atom is -0.214 e. The van der Waals surface area contributed by atoms with E-state index in [2.05, 4.69) is 4.94 Å². The van der Waals surface area contributed by atoms with Crippen LogP contribution in [0.3, 0.4) is 0 Å². The Hall–Kier alpha value is -0.120. The minimum absolute atomic E-state index is 0.997. The Bertz CT molecular complexity index is 61.4. The van der Waals surface area contributed by atoms with Crippen molar-refractivity contribution in [3.8, 4) is 0 Å². The zero-order valence-electron chi connectivity index (χ0n) is 4.97. The molecular formula is C5H12N2O. The highest BCUT2D eigenvalue weighted by Gasteiger charge is 2.07. The Morgan fingerprint density at radius 2 is 1.75 bits per heavy atom. The van der Waals surface area contributed by atoms with Gasteiger partial charge in [0.1, 0.15) is 0 Å². The van der Waals surface area contributed by atoms with E-state index < -0.39 is 0 Å². The van der Waals surface area contributed by atoms with Gasteiger partial charge in [-0.2, -0.15) is 11.0 Å². The van der Waals surface area contributed by atoms with Gasteiger partial charge in [-0.15, -0.1) is 0 Å². The van der Waals surface area contributed by atoms with Crippen molar-refractivity contribution in [1.29, 1.82) is 0 Å². The normalized spacial score (nSPS) is 23.6. The van der Waals surface area contributed by atoms with Gasteiger partial charge in [0.05, 0.1) is 0 Å². The van der Waals surface area contributed by atoms with Gasteiger partial charge in [0.15, 0.2) is 0 Å². The van der Waals surface area contributed by atoms with Gasteiger partial charge in [-0.25, -0.2) is 4.94 Å². The van der Waals surface area contributed by atoms with Gasteiger partial charge < -0.3 is 0 Å². The summed E-state index contributed by atoms with van der Waals surface area (Å²) in [6, 6.07) is 0. The highest BCUT2D eigenvalue weighted by Crippen LogP contribution is 2.06. The molecule has 0 spiro atoms. The second-order valence-electron chi connectivity index (χ2n) is 2.10. The fourth-order valence-corrected chi connectivity index (χ4v) is 0.970. The van der Waals surface area contributed by atoms with Crippen LogP contribution in [0.4, 0.5) is 0 Å². The highest BCUT2D eigenvalue weighted by molar-refractivity contribution is 4.55. The second-order valence-corrected chi connectivity index (χ2v) is 2.10. The van der Waals surface area contributed by atoms with E-state index in [1.165, 1.54) is 19.3 Å². The lowest BCUT2D eigenvalue weighted by Crippen LogP contribution is -2.32. The van der Waals surface area contributed by atoms with Crippen LogP contribution in [-0.2, 0) is 4.94 Å². The smallest absolute Gasteiger partial charge is 0.0259 e. The van der Waals surface area contributed by atoms with Crippen molar-refractivity contribution in [3.63, 3.8) is 0 Å². The summed E-state index contributed by atoms with van der Waals surface area (Å²) >= 11 is 0. The first-order valence-electron chi connectivity index (χ1n) is 3.05. The van der Waals surface area contributed by atoms with E-state index in [-0.39, 0.29) is 0 Å². The topological polar surface area (TPSA) is 38.5 Å². The molecule has 1 aliphatic heterocycles. The molecule has 0 aliphatic carbocycles. The summed E-state index contributed by atoms with van der Waals surface area (Å²) in [5.74, 6) is 4.93. The second kappa shape index (κ2) is 3.02. The summed E-state index contributed by atoms with van der Waals surface area (Å²) in [6.07, 6.45) is 3.76. The molecule has 1 fully saturated rings. The predicted octanol–water partition coefficient (Wildman–Crippen LogP) is 0.278. The third kappa shape index (κ3) is 1.43. The molecule has 8 heavy (non-hydrogen) atoms. The van der Waals surface area contributed by atoms with E-state index in [1.807, 2.05) is 0 Å². The molecule has 0 aromatic heterocycles. The average Bonchev–Trinajstić information content (AvgIpc) is 1.90. The molecule has 0 saturated carbocycles. The lowest BCUT2D eigenvalue weighted by molar-refractivity contribution is -0.172. The predicted molar refractivity (Wildman–Crippen MR) is 30.7 cm³/mol. The maximum Gasteiger partial charge on any atom is 0.0259 e. The molecule has 1 aliphatic rings. The van der Waals surface area contributed by atoms with Gasteiger partial charge in [-0.05, 0) is 12.8 Å². The molecule has 0 bridgehead atoms. The van der Waals surface area contributed by atoms with Crippen LogP contribution >= 0.6 is 0 Å². The zero-order chi connectivity index (χ0) is 5.82. The Morgan fingerprint density at radius 3 is 2.12 bits per heavy atom. The first-order chi connectivity index (χ1) is 3.93. The van der Waals surface area contributed by atoms with E-state index >= 15 is 0 Å². The molecule has 0 amide bonds. The van der Waals surface area contributed by atoms with Crippen molar-refractivity contribution in [2.75, 3.05) is 13.1 Å². The van der Waals surface area contributed by atoms with E-state index in [0.717, 1.165) is 13.1 Å². The molecular weight excluding hydrogens is 104 g/mol. The number of piperidine rings is 1. The molecule has 0 unspecified atom stereocenters. The summed E-state index contributed by atoms with van der Waals surface area (Å²) in [5.41, 5.74) is 0. The Morgan fingerprint density at radius 1 is 1.12 bits per heavy atom. The number of nitrogens with zero attached hydrogens (tertiary/aromatic N) is 1. The lowest BCUT2D eigenvalue weighted by atomic mass is 10.2. The molecule has 1 rings (SSSR count). The van der Waals surface area contributed by atoms with Crippen molar-refractivity contribution in [1.82, 2.24) is 5.06 Å². The van der Waals surface area contributed by atoms with Gasteiger partial charge >= 0.3 is 0 Å². The third-order valence-electron chi connectivity index (χ3n) is 1.46. The van der Waals surface area contributed by atoms with Gasteiger partial charge in [-0.3, -0.25) is 0 Å². The maximum absolute atomic E-state index is 4.93. The summed E-state index contributed by atoms with van der Waals surface area (Å²) in [5, 5.41) is 1.80. The van der Waals surface area contributed by atoms with Crippen LogP contribution in [0.1, 0.15) is 19.3 Å². The Labute approximate surface area is 49.3 Å². The maximum atomic E-state index is 4.93. The van der Waals surface area contributed by atoms with Crippen LogP contribution in [0.2, 0.25) is 0 Å². The van der Waals surface area contributed by atoms with Crippen molar-refractivity contribution < 1.29 is 4.94 Å². The average molecular weight is 116 g/mol. The van der Waals surface area contributed by atoms with Crippen LogP contribution in [0.25, 0.3) is 0 Å². The van der Waals surface area contributed by atoms with Crippen LogP contribution in [0.15, 0.2) is 0 Å². The monoisotopic (exact) mass is 116 g/mol. The standard InChI is InChI=1S/C5H12N2O/c6-8-7-4-2-1-3-5-7/h1-6H2. The number of hydrogen-bond donors (Lipinski definition) is 1. The van der Waals surface area contributed by atoms with Crippen LogP contribution in [0.5, 0.6) is 0 Å². The molecule has 0 radical (unpaired) electrons.